The number of nitrogens with zero attached hydrogens (tertiary/aromatic N) is 1. The van der Waals surface area contributed by atoms with Gasteiger partial charge in [-0.05, 0) is 48.2 Å². The summed E-state index contributed by atoms with van der Waals surface area (Å²) >= 11 is 0. The van der Waals surface area contributed by atoms with Gasteiger partial charge in [0.1, 0.15) is 5.75 Å². The number of benzene rings is 2. The average molecular weight is 352 g/mol. The topological polar surface area (TPSA) is 58.6 Å². The van der Waals surface area contributed by atoms with Crippen LogP contribution in [0.5, 0.6) is 5.75 Å². The number of anilines is 1. The van der Waals surface area contributed by atoms with E-state index in [0.717, 1.165) is 42.0 Å². The highest BCUT2D eigenvalue weighted by Crippen LogP contribution is 2.25. The van der Waals surface area contributed by atoms with Crippen LogP contribution in [0.25, 0.3) is 11.1 Å². The Bertz CT molecular complexity index is 786. The minimum atomic E-state index is -0.147. The largest absolute Gasteiger partial charge is 0.497 e. The van der Waals surface area contributed by atoms with Crippen molar-refractivity contribution in [3.63, 3.8) is 0 Å². The van der Waals surface area contributed by atoms with Crippen molar-refractivity contribution in [2.45, 2.75) is 19.8 Å². The predicted molar refractivity (Wildman–Crippen MR) is 102 cm³/mol. The molecule has 2 amide bonds. The van der Waals surface area contributed by atoms with Gasteiger partial charge in [-0.1, -0.05) is 24.3 Å². The molecule has 5 heteroatoms. The fraction of sp³-hybridized carbons (Fsp3) is 0.333. The van der Waals surface area contributed by atoms with E-state index in [1.165, 1.54) is 0 Å². The lowest BCUT2D eigenvalue weighted by atomic mass is 9.97. The van der Waals surface area contributed by atoms with E-state index in [4.69, 9.17) is 4.74 Å². The van der Waals surface area contributed by atoms with Crippen molar-refractivity contribution in [1.82, 2.24) is 4.90 Å². The van der Waals surface area contributed by atoms with E-state index in [2.05, 4.69) is 5.32 Å². The standard InChI is InChI=1S/C21H24N2O3/c1-15(24)23-12-4-6-18(14-23)21(25)22-19-10-8-16(9-11-19)17-5-3-7-20(13-17)26-2/h3,5,7-11,13,18H,4,6,12,14H2,1-2H3,(H,22,25)/t18-/m0/s1. The molecule has 2 aromatic rings. The number of carbonyl (C=O) groups is 2. The number of methoxy groups -OCH3 is 1. The van der Waals surface area contributed by atoms with E-state index in [0.29, 0.717) is 6.54 Å². The second-order valence-corrected chi connectivity index (χ2v) is 6.60. The summed E-state index contributed by atoms with van der Waals surface area (Å²) in [6.45, 7) is 2.80. The number of ether oxygens (including phenoxy) is 1. The molecule has 0 aliphatic carbocycles. The van der Waals surface area contributed by atoms with Crippen LogP contribution >= 0.6 is 0 Å². The Morgan fingerprint density at radius 1 is 1.12 bits per heavy atom. The molecule has 5 nitrogen and oxygen atoms in total. The number of likely N-dealkylation sites (tertiary alicyclic amines) is 1. The van der Waals surface area contributed by atoms with Gasteiger partial charge in [-0.2, -0.15) is 0 Å². The Morgan fingerprint density at radius 3 is 2.58 bits per heavy atom. The highest BCUT2D eigenvalue weighted by atomic mass is 16.5. The second-order valence-electron chi connectivity index (χ2n) is 6.60. The van der Waals surface area contributed by atoms with Gasteiger partial charge in [-0.25, -0.2) is 0 Å². The Morgan fingerprint density at radius 2 is 1.88 bits per heavy atom. The lowest BCUT2D eigenvalue weighted by molar-refractivity contribution is -0.132. The molecule has 0 saturated carbocycles. The number of piperidine rings is 1. The fourth-order valence-electron chi connectivity index (χ4n) is 3.27. The van der Waals surface area contributed by atoms with Crippen LogP contribution in [0.2, 0.25) is 0 Å². The van der Waals surface area contributed by atoms with Crippen LogP contribution < -0.4 is 10.1 Å². The number of rotatable bonds is 4. The minimum Gasteiger partial charge on any atom is -0.497 e. The molecule has 0 bridgehead atoms. The predicted octanol–water partition coefficient (Wildman–Crippen LogP) is 3.56. The molecule has 2 aromatic carbocycles. The number of hydrogen-bond acceptors (Lipinski definition) is 3. The van der Waals surface area contributed by atoms with E-state index in [1.807, 2.05) is 48.5 Å². The Labute approximate surface area is 154 Å². The van der Waals surface area contributed by atoms with E-state index in [-0.39, 0.29) is 17.7 Å². The van der Waals surface area contributed by atoms with Crippen molar-refractivity contribution in [3.8, 4) is 16.9 Å². The molecule has 1 saturated heterocycles. The molecular weight excluding hydrogens is 328 g/mol. The van der Waals surface area contributed by atoms with E-state index in [1.54, 1.807) is 18.9 Å². The lowest BCUT2D eigenvalue weighted by Gasteiger charge is -2.31. The van der Waals surface area contributed by atoms with Gasteiger partial charge in [0.05, 0.1) is 13.0 Å². The van der Waals surface area contributed by atoms with Crippen LogP contribution in [0.4, 0.5) is 5.69 Å². The van der Waals surface area contributed by atoms with Gasteiger partial charge in [-0.15, -0.1) is 0 Å². The minimum absolute atomic E-state index is 0.0231. The van der Waals surface area contributed by atoms with Crippen LogP contribution in [0.1, 0.15) is 19.8 Å². The first kappa shape index (κ1) is 18.0. The molecule has 26 heavy (non-hydrogen) atoms. The summed E-state index contributed by atoms with van der Waals surface area (Å²) in [5.41, 5.74) is 2.88. The molecule has 0 radical (unpaired) electrons. The van der Waals surface area contributed by atoms with E-state index >= 15 is 0 Å². The third-order valence-corrected chi connectivity index (χ3v) is 4.79. The monoisotopic (exact) mass is 352 g/mol. The summed E-state index contributed by atoms with van der Waals surface area (Å²) in [4.78, 5) is 25.8. The lowest BCUT2D eigenvalue weighted by Crippen LogP contribution is -2.42. The van der Waals surface area contributed by atoms with Gasteiger partial charge < -0.3 is 15.0 Å². The zero-order valence-electron chi connectivity index (χ0n) is 15.2. The van der Waals surface area contributed by atoms with Gasteiger partial charge >= 0.3 is 0 Å². The normalized spacial score (nSPS) is 16.8. The molecule has 1 N–H and O–H groups in total. The maximum atomic E-state index is 12.5. The number of carbonyl (C=O) groups excluding carboxylic acids is 2. The third kappa shape index (κ3) is 4.23. The van der Waals surface area contributed by atoms with Crippen molar-refractivity contribution in [2.24, 2.45) is 5.92 Å². The average Bonchev–Trinajstić information content (AvgIpc) is 2.68. The molecular formula is C21H24N2O3. The molecule has 3 rings (SSSR count). The highest BCUT2D eigenvalue weighted by Gasteiger charge is 2.26. The van der Waals surface area contributed by atoms with Crippen LogP contribution in [-0.2, 0) is 9.59 Å². The second kappa shape index (κ2) is 8.04. The van der Waals surface area contributed by atoms with Crippen molar-refractivity contribution < 1.29 is 14.3 Å². The van der Waals surface area contributed by atoms with Crippen molar-refractivity contribution in [2.75, 3.05) is 25.5 Å². The zero-order valence-corrected chi connectivity index (χ0v) is 15.2. The van der Waals surface area contributed by atoms with Gasteiger partial charge in [0.15, 0.2) is 0 Å². The maximum Gasteiger partial charge on any atom is 0.229 e. The molecule has 1 atom stereocenters. The van der Waals surface area contributed by atoms with Crippen molar-refractivity contribution >= 4 is 17.5 Å². The van der Waals surface area contributed by atoms with E-state index in [9.17, 15) is 9.59 Å². The van der Waals surface area contributed by atoms with Gasteiger partial charge in [0.25, 0.3) is 0 Å². The molecule has 1 heterocycles. The van der Waals surface area contributed by atoms with Crippen LogP contribution in [0.3, 0.4) is 0 Å². The molecule has 1 aliphatic heterocycles. The van der Waals surface area contributed by atoms with Gasteiger partial charge in [-0.3, -0.25) is 9.59 Å². The number of amides is 2. The van der Waals surface area contributed by atoms with Crippen LogP contribution in [-0.4, -0.2) is 36.9 Å². The summed E-state index contributed by atoms with van der Waals surface area (Å²) in [6.07, 6.45) is 1.68. The molecule has 0 aromatic heterocycles. The quantitative estimate of drug-likeness (QED) is 0.915. The summed E-state index contributed by atoms with van der Waals surface area (Å²) in [6, 6.07) is 15.6. The Kier molecular flexibility index (Phi) is 5.56. The molecule has 0 unspecified atom stereocenters. The van der Waals surface area contributed by atoms with Crippen molar-refractivity contribution in [1.29, 1.82) is 0 Å². The van der Waals surface area contributed by atoms with Crippen LogP contribution in [0.15, 0.2) is 48.5 Å². The number of hydrogen-bond donors (Lipinski definition) is 1. The van der Waals surface area contributed by atoms with Crippen LogP contribution in [0, 0.1) is 5.92 Å². The smallest absolute Gasteiger partial charge is 0.229 e. The maximum absolute atomic E-state index is 12.5. The zero-order chi connectivity index (χ0) is 18.5. The SMILES string of the molecule is COc1cccc(-c2ccc(NC(=O)[C@H]3CCCN(C(C)=O)C3)cc2)c1. The first-order valence-corrected chi connectivity index (χ1v) is 8.87. The first-order chi connectivity index (χ1) is 12.6. The highest BCUT2D eigenvalue weighted by molar-refractivity contribution is 5.93. The van der Waals surface area contributed by atoms with Crippen molar-refractivity contribution in [3.05, 3.63) is 48.5 Å². The van der Waals surface area contributed by atoms with Gasteiger partial charge in [0, 0.05) is 25.7 Å². The summed E-state index contributed by atoms with van der Waals surface area (Å²) < 4.78 is 5.26. The summed E-state index contributed by atoms with van der Waals surface area (Å²) in [5.74, 6) is 0.674. The molecule has 136 valence electrons. The number of nitrogens with one attached hydrogen (secondary N) is 1. The Hall–Kier alpha value is -2.82. The van der Waals surface area contributed by atoms with Gasteiger partial charge in [0.2, 0.25) is 11.8 Å². The summed E-state index contributed by atoms with van der Waals surface area (Å²) in [7, 11) is 1.65. The molecule has 1 aliphatic rings. The Balaban J connectivity index is 1.65. The first-order valence-electron chi connectivity index (χ1n) is 8.87. The summed E-state index contributed by atoms with van der Waals surface area (Å²) in [5, 5.41) is 2.97. The van der Waals surface area contributed by atoms with E-state index < -0.39 is 0 Å². The molecule has 0 spiro atoms. The molecule has 1 fully saturated rings. The fourth-order valence-corrected chi connectivity index (χ4v) is 3.27. The third-order valence-electron chi connectivity index (χ3n) is 4.79.